The Hall–Kier alpha value is -3.53. The zero-order chi connectivity index (χ0) is 25.6. The lowest BCUT2D eigenvalue weighted by molar-refractivity contribution is 0.0985. The fraction of sp³-hybridized carbons (Fsp3) is 0.393. The van der Waals surface area contributed by atoms with Gasteiger partial charge < -0.3 is 25.2 Å². The minimum Gasteiger partial charge on any atom is -0.377 e. The second kappa shape index (κ2) is 11.7. The Kier molecular flexibility index (Phi) is 7.93. The first-order valence-corrected chi connectivity index (χ1v) is 12.9. The van der Waals surface area contributed by atoms with Crippen molar-refractivity contribution in [2.75, 3.05) is 68.5 Å². The van der Waals surface area contributed by atoms with Crippen molar-refractivity contribution in [2.24, 2.45) is 0 Å². The van der Waals surface area contributed by atoms with Crippen molar-refractivity contribution in [3.63, 3.8) is 0 Å². The van der Waals surface area contributed by atoms with Crippen LogP contribution in [0.4, 0.5) is 22.0 Å². The highest BCUT2D eigenvalue weighted by Crippen LogP contribution is 2.25. The fourth-order valence-electron chi connectivity index (χ4n) is 4.66. The van der Waals surface area contributed by atoms with E-state index in [1.165, 1.54) is 0 Å². The van der Waals surface area contributed by atoms with Crippen molar-refractivity contribution in [2.45, 2.75) is 19.5 Å². The van der Waals surface area contributed by atoms with Gasteiger partial charge in [-0.05, 0) is 50.4 Å². The second-order valence-corrected chi connectivity index (χ2v) is 9.76. The maximum absolute atomic E-state index is 12.4. The summed E-state index contributed by atoms with van der Waals surface area (Å²) in [5, 5.41) is 5.72. The topological polar surface area (TPSA) is 85.9 Å². The molecule has 5 rings (SSSR count). The van der Waals surface area contributed by atoms with Gasteiger partial charge in [-0.2, -0.15) is 0 Å². The summed E-state index contributed by atoms with van der Waals surface area (Å²) in [6.07, 6.45) is 0. The number of urea groups is 1. The molecule has 2 aliphatic heterocycles. The van der Waals surface area contributed by atoms with Crippen molar-refractivity contribution < 1.29 is 9.53 Å². The smallest absolute Gasteiger partial charge is 0.323 e. The van der Waals surface area contributed by atoms with Gasteiger partial charge in [0.25, 0.3) is 0 Å². The van der Waals surface area contributed by atoms with Crippen LogP contribution >= 0.6 is 0 Å². The van der Waals surface area contributed by atoms with Crippen LogP contribution in [-0.4, -0.2) is 84.8 Å². The van der Waals surface area contributed by atoms with Gasteiger partial charge in [-0.15, -0.1) is 0 Å². The summed E-state index contributed by atoms with van der Waals surface area (Å²) >= 11 is 0. The average Bonchev–Trinajstić information content (AvgIpc) is 2.91. The Labute approximate surface area is 218 Å². The number of likely N-dealkylation sites (N-methyl/N-ethyl adjacent to an activating group) is 1. The number of aromatic nitrogens is 2. The third-order valence-electron chi connectivity index (χ3n) is 6.84. The molecule has 0 unspecified atom stereocenters. The van der Waals surface area contributed by atoms with E-state index in [2.05, 4.69) is 45.4 Å². The van der Waals surface area contributed by atoms with Crippen LogP contribution in [0.5, 0.6) is 0 Å². The normalized spacial score (nSPS) is 19.0. The highest BCUT2D eigenvalue weighted by Gasteiger charge is 2.23. The summed E-state index contributed by atoms with van der Waals surface area (Å²) < 4.78 is 5.65. The minimum atomic E-state index is -0.284. The number of ether oxygens (including phenoxy) is 1. The number of carbonyl (C=O) groups excluding carboxylic acids is 1. The van der Waals surface area contributed by atoms with Crippen molar-refractivity contribution in [3.05, 3.63) is 66.4 Å². The van der Waals surface area contributed by atoms with E-state index in [4.69, 9.17) is 14.7 Å². The maximum atomic E-state index is 12.4. The Morgan fingerprint density at radius 1 is 0.946 bits per heavy atom. The van der Waals surface area contributed by atoms with Crippen LogP contribution in [-0.2, 0) is 11.3 Å². The van der Waals surface area contributed by atoms with Gasteiger partial charge >= 0.3 is 6.03 Å². The van der Waals surface area contributed by atoms with Crippen LogP contribution in [0.2, 0.25) is 0 Å². The molecule has 0 bridgehead atoms. The summed E-state index contributed by atoms with van der Waals surface area (Å²) in [7, 11) is 2.17. The van der Waals surface area contributed by atoms with E-state index in [0.717, 1.165) is 62.0 Å². The van der Waals surface area contributed by atoms with E-state index in [1.54, 1.807) is 0 Å². The van der Waals surface area contributed by atoms with E-state index in [-0.39, 0.29) is 12.1 Å². The predicted molar refractivity (Wildman–Crippen MR) is 147 cm³/mol. The Morgan fingerprint density at radius 3 is 2.35 bits per heavy atom. The molecular formula is C28H35N7O2. The van der Waals surface area contributed by atoms with Crippen LogP contribution in [0.3, 0.4) is 0 Å². The quantitative estimate of drug-likeness (QED) is 0.532. The Balaban J connectivity index is 1.34. The molecule has 37 heavy (non-hydrogen) atoms. The van der Waals surface area contributed by atoms with Gasteiger partial charge in [0.2, 0.25) is 0 Å². The van der Waals surface area contributed by atoms with Crippen LogP contribution < -0.4 is 15.5 Å². The summed E-state index contributed by atoms with van der Waals surface area (Å²) in [6.45, 7) is 9.37. The molecule has 0 radical (unpaired) electrons. The van der Waals surface area contributed by atoms with Gasteiger partial charge in [-0.1, -0.05) is 18.2 Å². The molecule has 2 N–H and O–H groups in total. The minimum absolute atomic E-state index is 0.252. The number of nitrogens with one attached hydrogen (secondary N) is 2. The molecule has 1 aromatic heterocycles. The molecule has 2 amide bonds. The van der Waals surface area contributed by atoms with E-state index in [1.807, 2.05) is 54.6 Å². The van der Waals surface area contributed by atoms with Crippen LogP contribution in [0.25, 0.3) is 11.4 Å². The number of para-hydroxylation sites is 1. The molecule has 2 fully saturated rings. The zero-order valence-corrected chi connectivity index (χ0v) is 21.6. The molecule has 194 valence electrons. The number of nitrogens with zero attached hydrogens (tertiary/aromatic N) is 5. The largest absolute Gasteiger partial charge is 0.377 e. The standard InChI is InChI=1S/C28H35N7O2/c1-21-20-37-17-16-35(21)26-18-25(19-34-14-12-33(2)13-15-34)29-27(32-26)22-8-10-24(11-9-22)31-28(36)30-23-6-4-3-5-7-23/h3-11,18,21H,12-17,19-20H2,1-2H3,(H2,30,31,36)/t21-/m0/s1. The highest BCUT2D eigenvalue weighted by atomic mass is 16.5. The zero-order valence-electron chi connectivity index (χ0n) is 21.6. The van der Waals surface area contributed by atoms with Crippen molar-refractivity contribution in [1.29, 1.82) is 0 Å². The summed E-state index contributed by atoms with van der Waals surface area (Å²) in [5.74, 6) is 1.63. The fourth-order valence-corrected chi connectivity index (χ4v) is 4.66. The second-order valence-electron chi connectivity index (χ2n) is 9.76. The first-order chi connectivity index (χ1) is 18.0. The van der Waals surface area contributed by atoms with Gasteiger partial charge in [0.1, 0.15) is 5.82 Å². The summed E-state index contributed by atoms with van der Waals surface area (Å²) in [4.78, 5) is 29.4. The molecule has 2 aromatic carbocycles. The van der Waals surface area contributed by atoms with Crippen LogP contribution in [0, 0.1) is 0 Å². The molecule has 1 atom stereocenters. The van der Waals surface area contributed by atoms with E-state index < -0.39 is 0 Å². The lowest BCUT2D eigenvalue weighted by Crippen LogP contribution is -2.45. The third-order valence-corrected chi connectivity index (χ3v) is 6.84. The molecule has 3 heterocycles. The van der Waals surface area contributed by atoms with Crippen molar-refractivity contribution >= 4 is 23.2 Å². The van der Waals surface area contributed by atoms with Gasteiger partial charge in [0.15, 0.2) is 5.82 Å². The number of morpholine rings is 1. The number of piperazine rings is 1. The monoisotopic (exact) mass is 501 g/mol. The SMILES string of the molecule is C[C@H]1COCCN1c1cc(CN2CCN(C)CC2)nc(-c2ccc(NC(=O)Nc3ccccc3)cc2)n1. The van der Waals surface area contributed by atoms with E-state index in [0.29, 0.717) is 24.7 Å². The number of carbonyl (C=O) groups is 1. The number of hydrogen-bond donors (Lipinski definition) is 2. The lowest BCUT2D eigenvalue weighted by Gasteiger charge is -2.35. The molecular weight excluding hydrogens is 466 g/mol. The molecule has 0 aliphatic carbocycles. The number of amides is 2. The number of rotatable bonds is 6. The van der Waals surface area contributed by atoms with Crippen molar-refractivity contribution in [3.8, 4) is 11.4 Å². The van der Waals surface area contributed by atoms with Crippen LogP contribution in [0.1, 0.15) is 12.6 Å². The Morgan fingerprint density at radius 2 is 1.65 bits per heavy atom. The van der Waals surface area contributed by atoms with E-state index in [9.17, 15) is 4.79 Å². The van der Waals surface area contributed by atoms with E-state index >= 15 is 0 Å². The molecule has 0 saturated carbocycles. The molecule has 2 saturated heterocycles. The number of hydrogen-bond acceptors (Lipinski definition) is 7. The highest BCUT2D eigenvalue weighted by molar-refractivity contribution is 5.99. The molecule has 3 aromatic rings. The predicted octanol–water partition coefficient (Wildman–Crippen LogP) is 3.76. The summed E-state index contributed by atoms with van der Waals surface area (Å²) in [5.41, 5.74) is 3.38. The molecule has 2 aliphatic rings. The van der Waals surface area contributed by atoms with Gasteiger partial charge in [-0.3, -0.25) is 4.90 Å². The first kappa shape index (κ1) is 25.1. The van der Waals surface area contributed by atoms with Gasteiger partial charge in [0.05, 0.1) is 24.9 Å². The average molecular weight is 502 g/mol. The third kappa shape index (κ3) is 6.62. The molecule has 0 spiro atoms. The Bertz CT molecular complexity index is 1180. The number of benzene rings is 2. The molecule has 9 heteroatoms. The lowest BCUT2D eigenvalue weighted by atomic mass is 10.1. The summed E-state index contributed by atoms with van der Waals surface area (Å²) in [6, 6.07) is 19.2. The van der Waals surface area contributed by atoms with Gasteiger partial charge in [0, 0.05) is 62.3 Å². The van der Waals surface area contributed by atoms with Crippen molar-refractivity contribution in [1.82, 2.24) is 19.8 Å². The number of anilines is 3. The maximum Gasteiger partial charge on any atom is 0.323 e. The molecule has 9 nitrogen and oxygen atoms in total. The van der Waals surface area contributed by atoms with Gasteiger partial charge in [-0.25, -0.2) is 14.8 Å². The first-order valence-electron chi connectivity index (χ1n) is 12.9. The van der Waals surface area contributed by atoms with Crippen LogP contribution in [0.15, 0.2) is 60.7 Å².